The Hall–Kier alpha value is -2.88. The summed E-state index contributed by atoms with van der Waals surface area (Å²) in [6.07, 6.45) is 1.84. The summed E-state index contributed by atoms with van der Waals surface area (Å²) < 4.78 is 20.8. The standard InChI is InChI=1S/C20H17FN2O/c1-13-20-18(9-10-22-13)17-8-7-16(24-2)11-19(17)23(20)12-14-3-5-15(21)6-4-14/h3-11H,12H2,1-2H3. The van der Waals surface area contributed by atoms with Gasteiger partial charge < -0.3 is 9.30 Å². The summed E-state index contributed by atoms with van der Waals surface area (Å²) in [5.74, 6) is 0.594. The fraction of sp³-hybridized carbons (Fsp3) is 0.150. The molecule has 0 unspecified atom stereocenters. The molecule has 0 radical (unpaired) electrons. The van der Waals surface area contributed by atoms with Crippen molar-refractivity contribution < 1.29 is 9.13 Å². The summed E-state index contributed by atoms with van der Waals surface area (Å²) >= 11 is 0. The second-order valence-electron chi connectivity index (χ2n) is 5.89. The second-order valence-corrected chi connectivity index (χ2v) is 5.89. The number of pyridine rings is 1. The number of hydrogen-bond donors (Lipinski definition) is 0. The van der Waals surface area contributed by atoms with E-state index in [-0.39, 0.29) is 5.82 Å². The first-order valence-electron chi connectivity index (χ1n) is 7.83. The molecule has 0 aliphatic rings. The number of ether oxygens (including phenoxy) is 1. The Labute approximate surface area is 139 Å². The van der Waals surface area contributed by atoms with Crippen molar-refractivity contribution in [2.75, 3.05) is 7.11 Å². The maximum atomic E-state index is 13.2. The van der Waals surface area contributed by atoms with Crippen molar-refractivity contribution in [3.8, 4) is 5.75 Å². The van der Waals surface area contributed by atoms with Gasteiger partial charge in [0.25, 0.3) is 0 Å². The molecule has 0 atom stereocenters. The molecular formula is C20H17FN2O. The lowest BCUT2D eigenvalue weighted by Gasteiger charge is -2.10. The number of nitrogens with zero attached hydrogens (tertiary/aromatic N) is 2. The second kappa shape index (κ2) is 5.64. The number of benzene rings is 2. The van der Waals surface area contributed by atoms with Crippen LogP contribution in [0.25, 0.3) is 21.8 Å². The van der Waals surface area contributed by atoms with E-state index in [1.54, 1.807) is 7.11 Å². The molecule has 4 heteroatoms. The van der Waals surface area contributed by atoms with Gasteiger partial charge in [0.15, 0.2) is 0 Å². The number of aromatic nitrogens is 2. The van der Waals surface area contributed by atoms with Crippen molar-refractivity contribution in [1.82, 2.24) is 9.55 Å². The molecule has 120 valence electrons. The summed E-state index contributed by atoms with van der Waals surface area (Å²) in [4.78, 5) is 4.45. The van der Waals surface area contributed by atoms with E-state index in [1.165, 1.54) is 22.9 Å². The van der Waals surface area contributed by atoms with Crippen molar-refractivity contribution in [2.45, 2.75) is 13.5 Å². The Morgan fingerprint density at radius 2 is 1.83 bits per heavy atom. The van der Waals surface area contributed by atoms with Gasteiger partial charge in [-0.15, -0.1) is 0 Å². The molecule has 4 aromatic rings. The minimum atomic E-state index is -0.222. The molecule has 0 saturated carbocycles. The van der Waals surface area contributed by atoms with E-state index in [0.29, 0.717) is 6.54 Å². The normalized spacial score (nSPS) is 11.3. The first-order valence-corrected chi connectivity index (χ1v) is 7.83. The van der Waals surface area contributed by atoms with Gasteiger partial charge >= 0.3 is 0 Å². The first-order chi connectivity index (χ1) is 11.7. The predicted octanol–water partition coefficient (Wildman–Crippen LogP) is 4.69. The van der Waals surface area contributed by atoms with Crippen molar-refractivity contribution in [3.63, 3.8) is 0 Å². The van der Waals surface area contributed by atoms with Crippen LogP contribution in [0.15, 0.2) is 54.7 Å². The maximum absolute atomic E-state index is 13.2. The SMILES string of the molecule is COc1ccc2c3ccnc(C)c3n(Cc3ccc(F)cc3)c2c1. The average molecular weight is 320 g/mol. The van der Waals surface area contributed by atoms with Crippen LogP contribution in [-0.4, -0.2) is 16.7 Å². The molecule has 0 fully saturated rings. The minimum absolute atomic E-state index is 0.222. The molecule has 4 rings (SSSR count). The van der Waals surface area contributed by atoms with Crippen LogP contribution in [0.2, 0.25) is 0 Å². The number of hydrogen-bond acceptors (Lipinski definition) is 2. The molecule has 0 amide bonds. The molecule has 0 bridgehead atoms. The molecule has 3 nitrogen and oxygen atoms in total. The third kappa shape index (κ3) is 2.31. The monoisotopic (exact) mass is 320 g/mol. The highest BCUT2D eigenvalue weighted by atomic mass is 19.1. The first kappa shape index (κ1) is 14.7. The molecule has 0 spiro atoms. The zero-order valence-electron chi connectivity index (χ0n) is 13.6. The van der Waals surface area contributed by atoms with Crippen LogP contribution in [0.1, 0.15) is 11.3 Å². The molecule has 2 aromatic carbocycles. The smallest absolute Gasteiger partial charge is 0.123 e. The maximum Gasteiger partial charge on any atom is 0.123 e. The van der Waals surface area contributed by atoms with Crippen LogP contribution < -0.4 is 4.74 Å². The largest absolute Gasteiger partial charge is 0.497 e. The van der Waals surface area contributed by atoms with Gasteiger partial charge in [-0.3, -0.25) is 4.98 Å². The fourth-order valence-corrected chi connectivity index (χ4v) is 3.26. The quantitative estimate of drug-likeness (QED) is 0.547. The molecule has 2 aromatic heterocycles. The van der Waals surface area contributed by atoms with Crippen molar-refractivity contribution in [2.24, 2.45) is 0 Å². The van der Waals surface area contributed by atoms with E-state index in [0.717, 1.165) is 28.0 Å². The lowest BCUT2D eigenvalue weighted by molar-refractivity contribution is 0.415. The highest BCUT2D eigenvalue weighted by Crippen LogP contribution is 2.33. The molecule has 0 aliphatic heterocycles. The van der Waals surface area contributed by atoms with Gasteiger partial charge in [-0.05, 0) is 42.8 Å². The molecule has 0 N–H and O–H groups in total. The van der Waals surface area contributed by atoms with Gasteiger partial charge in [0, 0.05) is 29.6 Å². The van der Waals surface area contributed by atoms with Gasteiger partial charge in [0.05, 0.1) is 23.8 Å². The molecule has 0 aliphatic carbocycles. The van der Waals surface area contributed by atoms with Gasteiger partial charge in [-0.25, -0.2) is 4.39 Å². The van der Waals surface area contributed by atoms with E-state index < -0.39 is 0 Å². The number of rotatable bonds is 3. The summed E-state index contributed by atoms with van der Waals surface area (Å²) in [5, 5.41) is 2.33. The zero-order chi connectivity index (χ0) is 16.7. The van der Waals surface area contributed by atoms with Gasteiger partial charge in [-0.1, -0.05) is 12.1 Å². The third-order valence-corrected chi connectivity index (χ3v) is 4.42. The van der Waals surface area contributed by atoms with Crippen molar-refractivity contribution >= 4 is 21.8 Å². The summed E-state index contributed by atoms with van der Waals surface area (Å²) in [6, 6.07) is 14.8. The summed E-state index contributed by atoms with van der Waals surface area (Å²) in [5.41, 5.74) is 4.21. The predicted molar refractivity (Wildman–Crippen MR) is 94.0 cm³/mol. The fourth-order valence-electron chi connectivity index (χ4n) is 3.26. The van der Waals surface area contributed by atoms with Crippen LogP contribution in [0.5, 0.6) is 5.75 Å². The van der Waals surface area contributed by atoms with E-state index in [9.17, 15) is 4.39 Å². The average Bonchev–Trinajstić information content (AvgIpc) is 2.91. The van der Waals surface area contributed by atoms with Crippen LogP contribution in [0.3, 0.4) is 0 Å². The Balaban J connectivity index is 2.00. The number of halogens is 1. The number of aryl methyl sites for hydroxylation is 1. The Morgan fingerprint density at radius 1 is 1.04 bits per heavy atom. The Morgan fingerprint density at radius 3 is 2.58 bits per heavy atom. The highest BCUT2D eigenvalue weighted by Gasteiger charge is 2.14. The molecule has 0 saturated heterocycles. The Bertz CT molecular complexity index is 1040. The third-order valence-electron chi connectivity index (χ3n) is 4.42. The minimum Gasteiger partial charge on any atom is -0.497 e. The zero-order valence-corrected chi connectivity index (χ0v) is 13.6. The molecule has 2 heterocycles. The Kier molecular flexibility index (Phi) is 3.45. The van der Waals surface area contributed by atoms with Crippen molar-refractivity contribution in [1.29, 1.82) is 0 Å². The summed E-state index contributed by atoms with van der Waals surface area (Å²) in [6.45, 7) is 2.67. The number of fused-ring (bicyclic) bond motifs is 3. The lowest BCUT2D eigenvalue weighted by atomic mass is 10.1. The van der Waals surface area contributed by atoms with E-state index in [4.69, 9.17) is 4.74 Å². The lowest BCUT2D eigenvalue weighted by Crippen LogP contribution is -2.01. The molecular weight excluding hydrogens is 303 g/mol. The van der Waals surface area contributed by atoms with Gasteiger partial charge in [0.2, 0.25) is 0 Å². The van der Waals surface area contributed by atoms with E-state index >= 15 is 0 Å². The van der Waals surface area contributed by atoms with E-state index in [1.807, 2.05) is 43.5 Å². The van der Waals surface area contributed by atoms with Gasteiger partial charge in [-0.2, -0.15) is 0 Å². The topological polar surface area (TPSA) is 27.1 Å². The summed E-state index contributed by atoms with van der Waals surface area (Å²) in [7, 11) is 1.67. The molecule has 24 heavy (non-hydrogen) atoms. The van der Waals surface area contributed by atoms with Crippen molar-refractivity contribution in [3.05, 3.63) is 71.8 Å². The number of methoxy groups -OCH3 is 1. The van der Waals surface area contributed by atoms with Crippen LogP contribution in [0.4, 0.5) is 4.39 Å². The van der Waals surface area contributed by atoms with Gasteiger partial charge in [0.1, 0.15) is 11.6 Å². The van der Waals surface area contributed by atoms with Crippen LogP contribution in [-0.2, 0) is 6.54 Å². The van der Waals surface area contributed by atoms with Crippen LogP contribution in [0, 0.1) is 12.7 Å². The van der Waals surface area contributed by atoms with Crippen LogP contribution >= 0.6 is 0 Å². The highest BCUT2D eigenvalue weighted by molar-refractivity contribution is 6.09. The van der Waals surface area contributed by atoms with E-state index in [2.05, 4.69) is 15.6 Å².